The Morgan fingerprint density at radius 3 is 2.81 bits per heavy atom. The van der Waals surface area contributed by atoms with Crippen molar-refractivity contribution in [1.82, 2.24) is 4.31 Å². The van der Waals surface area contributed by atoms with Crippen molar-refractivity contribution in [1.29, 1.82) is 0 Å². The van der Waals surface area contributed by atoms with Crippen molar-refractivity contribution in [3.8, 4) is 0 Å². The van der Waals surface area contributed by atoms with Crippen molar-refractivity contribution >= 4 is 38.7 Å². The van der Waals surface area contributed by atoms with Crippen molar-refractivity contribution in [2.45, 2.75) is 16.7 Å². The van der Waals surface area contributed by atoms with Crippen LogP contribution in [0.15, 0.2) is 33.2 Å². The summed E-state index contributed by atoms with van der Waals surface area (Å²) in [4.78, 5) is 13.2. The fraction of sp³-hybridized carbons (Fsp3) is 0.308. The SMILES string of the molecule is COC(=O)[C@@H]1c2ccsc2CCN1S(=O)(=O)c1cccs1. The lowest BCUT2D eigenvalue weighted by Crippen LogP contribution is -2.43. The highest BCUT2D eigenvalue weighted by atomic mass is 32.2. The Hall–Kier alpha value is -1.22. The van der Waals surface area contributed by atoms with E-state index in [1.807, 2.05) is 5.38 Å². The fourth-order valence-electron chi connectivity index (χ4n) is 2.43. The molecule has 0 saturated carbocycles. The van der Waals surface area contributed by atoms with Crippen LogP contribution in [-0.2, 0) is 26.0 Å². The molecule has 3 rings (SSSR count). The highest BCUT2D eigenvalue weighted by Crippen LogP contribution is 2.38. The molecule has 8 heteroatoms. The molecule has 1 aliphatic rings. The minimum absolute atomic E-state index is 0.245. The second kappa shape index (κ2) is 5.53. The topological polar surface area (TPSA) is 63.7 Å². The van der Waals surface area contributed by atoms with Crippen LogP contribution in [0.4, 0.5) is 0 Å². The Morgan fingerprint density at radius 2 is 2.14 bits per heavy atom. The number of hydrogen-bond donors (Lipinski definition) is 0. The second-order valence-electron chi connectivity index (χ2n) is 4.52. The lowest BCUT2D eigenvalue weighted by Gasteiger charge is -2.32. The Balaban J connectivity index is 2.08. The number of carbonyl (C=O) groups is 1. The van der Waals surface area contributed by atoms with E-state index in [-0.39, 0.29) is 10.8 Å². The summed E-state index contributed by atoms with van der Waals surface area (Å²) < 4.78 is 31.8. The predicted octanol–water partition coefficient (Wildman–Crippen LogP) is 2.27. The Bertz CT molecular complexity index is 748. The van der Waals surface area contributed by atoms with Crippen molar-refractivity contribution in [3.05, 3.63) is 39.4 Å². The highest BCUT2D eigenvalue weighted by Gasteiger charge is 2.42. The summed E-state index contributed by atoms with van der Waals surface area (Å²) in [7, 11) is -2.41. The minimum Gasteiger partial charge on any atom is -0.468 e. The molecule has 5 nitrogen and oxygen atoms in total. The molecule has 1 aliphatic heterocycles. The third-order valence-electron chi connectivity index (χ3n) is 3.40. The van der Waals surface area contributed by atoms with E-state index in [0.717, 1.165) is 21.8 Å². The van der Waals surface area contributed by atoms with E-state index >= 15 is 0 Å². The average molecular weight is 343 g/mol. The van der Waals surface area contributed by atoms with E-state index in [2.05, 4.69) is 0 Å². The minimum atomic E-state index is -3.69. The number of sulfonamides is 1. The zero-order chi connectivity index (χ0) is 15.0. The molecule has 0 aromatic carbocycles. The van der Waals surface area contributed by atoms with Gasteiger partial charge in [0.25, 0.3) is 10.0 Å². The average Bonchev–Trinajstić information content (AvgIpc) is 3.15. The number of esters is 1. The summed E-state index contributed by atoms with van der Waals surface area (Å²) >= 11 is 2.69. The molecule has 3 heterocycles. The van der Waals surface area contributed by atoms with E-state index in [9.17, 15) is 13.2 Å². The number of rotatable bonds is 3. The molecule has 0 bridgehead atoms. The van der Waals surface area contributed by atoms with Gasteiger partial charge in [-0.1, -0.05) is 6.07 Å². The van der Waals surface area contributed by atoms with Gasteiger partial charge in [0.05, 0.1) is 7.11 Å². The zero-order valence-electron chi connectivity index (χ0n) is 11.2. The van der Waals surface area contributed by atoms with Crippen LogP contribution in [0.2, 0.25) is 0 Å². The van der Waals surface area contributed by atoms with Crippen molar-refractivity contribution < 1.29 is 17.9 Å². The standard InChI is InChI=1S/C13H13NO4S3/c1-18-13(15)12-9-5-8-19-10(9)4-6-14(12)21(16,17)11-3-2-7-20-11/h2-3,5,7-8,12H,4,6H2,1H3/t12-/m0/s1. The maximum Gasteiger partial charge on any atom is 0.328 e. The lowest BCUT2D eigenvalue weighted by molar-refractivity contribution is -0.145. The summed E-state index contributed by atoms with van der Waals surface area (Å²) in [6, 6.07) is 4.15. The first-order valence-electron chi connectivity index (χ1n) is 6.25. The molecular weight excluding hydrogens is 330 g/mol. The molecule has 0 unspecified atom stereocenters. The van der Waals surface area contributed by atoms with Crippen LogP contribution < -0.4 is 0 Å². The third-order valence-corrected chi connectivity index (χ3v) is 7.64. The molecule has 0 spiro atoms. The maximum absolute atomic E-state index is 12.7. The molecule has 0 N–H and O–H groups in total. The van der Waals surface area contributed by atoms with Gasteiger partial charge in [-0.05, 0) is 34.9 Å². The van der Waals surface area contributed by atoms with Gasteiger partial charge in [0.1, 0.15) is 10.3 Å². The molecule has 21 heavy (non-hydrogen) atoms. The quantitative estimate of drug-likeness (QED) is 0.802. The number of hydrogen-bond acceptors (Lipinski definition) is 6. The Morgan fingerprint density at radius 1 is 1.33 bits per heavy atom. The van der Waals surface area contributed by atoms with Gasteiger partial charge in [0.15, 0.2) is 0 Å². The lowest BCUT2D eigenvalue weighted by atomic mass is 10.0. The fourth-order valence-corrected chi connectivity index (χ4v) is 6.02. The van der Waals surface area contributed by atoms with Crippen molar-refractivity contribution in [3.63, 3.8) is 0 Å². The summed E-state index contributed by atoms with van der Waals surface area (Å²) in [5.74, 6) is -0.547. The zero-order valence-corrected chi connectivity index (χ0v) is 13.6. The van der Waals surface area contributed by atoms with Crippen LogP contribution in [0.5, 0.6) is 0 Å². The van der Waals surface area contributed by atoms with Gasteiger partial charge in [-0.3, -0.25) is 0 Å². The second-order valence-corrected chi connectivity index (χ2v) is 8.59. The van der Waals surface area contributed by atoms with E-state index in [0.29, 0.717) is 6.42 Å². The third kappa shape index (κ3) is 2.42. The number of methoxy groups -OCH3 is 1. The molecular formula is C13H13NO4S3. The van der Waals surface area contributed by atoms with Gasteiger partial charge >= 0.3 is 5.97 Å². The van der Waals surface area contributed by atoms with E-state index in [1.54, 1.807) is 34.9 Å². The summed E-state index contributed by atoms with van der Waals surface area (Å²) in [5.41, 5.74) is 0.734. The largest absolute Gasteiger partial charge is 0.468 e. The number of thiophene rings is 2. The normalized spacial score (nSPS) is 19.2. The van der Waals surface area contributed by atoms with Gasteiger partial charge in [-0.15, -0.1) is 22.7 Å². The first kappa shape index (κ1) is 14.7. The van der Waals surface area contributed by atoms with E-state index in [4.69, 9.17) is 4.74 Å². The number of ether oxygens (including phenoxy) is 1. The molecule has 0 radical (unpaired) electrons. The first-order chi connectivity index (χ1) is 10.1. The van der Waals surface area contributed by atoms with Crippen molar-refractivity contribution in [2.75, 3.05) is 13.7 Å². The Kier molecular flexibility index (Phi) is 3.87. The molecule has 2 aromatic heterocycles. The summed E-state index contributed by atoms with van der Waals surface area (Å²) in [6.07, 6.45) is 0.616. The van der Waals surface area contributed by atoms with E-state index in [1.165, 1.54) is 11.4 Å². The molecule has 1 atom stereocenters. The smallest absolute Gasteiger partial charge is 0.328 e. The Labute approximate surface area is 130 Å². The maximum atomic E-state index is 12.7. The summed E-state index contributed by atoms with van der Waals surface area (Å²) in [5, 5.41) is 3.59. The van der Waals surface area contributed by atoms with Crippen LogP contribution in [0.25, 0.3) is 0 Å². The first-order valence-corrected chi connectivity index (χ1v) is 9.45. The van der Waals surface area contributed by atoms with Gasteiger partial charge in [-0.2, -0.15) is 4.31 Å². The van der Waals surface area contributed by atoms with Crippen LogP contribution in [0.3, 0.4) is 0 Å². The number of fused-ring (bicyclic) bond motifs is 1. The molecule has 0 aliphatic carbocycles. The molecule has 0 saturated heterocycles. The monoisotopic (exact) mass is 343 g/mol. The van der Waals surface area contributed by atoms with Gasteiger partial charge in [0, 0.05) is 11.4 Å². The van der Waals surface area contributed by atoms with Gasteiger partial charge in [-0.25, -0.2) is 13.2 Å². The predicted molar refractivity (Wildman–Crippen MR) is 81.0 cm³/mol. The molecule has 112 valence electrons. The molecule has 2 aromatic rings. The van der Waals surface area contributed by atoms with Gasteiger partial charge in [0.2, 0.25) is 0 Å². The number of nitrogens with zero attached hydrogens (tertiary/aromatic N) is 1. The molecule has 0 fully saturated rings. The van der Waals surface area contributed by atoms with Crippen LogP contribution in [0, 0.1) is 0 Å². The van der Waals surface area contributed by atoms with Crippen LogP contribution >= 0.6 is 22.7 Å². The van der Waals surface area contributed by atoms with Crippen molar-refractivity contribution in [2.24, 2.45) is 0 Å². The highest BCUT2D eigenvalue weighted by molar-refractivity contribution is 7.91. The number of carbonyl (C=O) groups excluding carboxylic acids is 1. The summed E-state index contributed by atoms with van der Waals surface area (Å²) in [6.45, 7) is 0.285. The van der Waals surface area contributed by atoms with Crippen LogP contribution in [-0.4, -0.2) is 32.3 Å². The van der Waals surface area contributed by atoms with Crippen LogP contribution in [0.1, 0.15) is 16.5 Å². The van der Waals surface area contributed by atoms with Gasteiger partial charge < -0.3 is 4.74 Å². The van der Waals surface area contributed by atoms with E-state index < -0.39 is 22.0 Å². The molecule has 0 amide bonds.